The average Bonchev–Trinajstić information content (AvgIpc) is 3.68. The number of aryl methyl sites for hydroxylation is 1. The van der Waals surface area contributed by atoms with Crippen molar-refractivity contribution in [2.24, 2.45) is 29.6 Å². The van der Waals surface area contributed by atoms with Gasteiger partial charge in [0.2, 0.25) is 11.8 Å². The lowest BCUT2D eigenvalue weighted by Crippen LogP contribution is -2.42. The molecule has 2 bridgehead atoms. The molecule has 41 heavy (non-hydrogen) atoms. The minimum Gasteiger partial charge on any atom is -0.493 e. The zero-order chi connectivity index (χ0) is 28.6. The van der Waals surface area contributed by atoms with Crippen LogP contribution in [0.1, 0.15) is 33.9 Å². The van der Waals surface area contributed by atoms with E-state index >= 15 is 0 Å². The molecule has 2 aliphatic carbocycles. The first-order chi connectivity index (χ1) is 19.7. The maximum atomic E-state index is 13.4. The van der Waals surface area contributed by atoms with E-state index in [9.17, 15) is 24.3 Å². The third kappa shape index (κ3) is 4.12. The van der Waals surface area contributed by atoms with Crippen molar-refractivity contribution in [3.63, 3.8) is 0 Å². The smallest absolute Gasteiger partial charge is 0.323 e. The van der Waals surface area contributed by atoms with Crippen LogP contribution in [-0.2, 0) is 21.0 Å². The maximum Gasteiger partial charge on any atom is 0.323 e. The fourth-order valence-corrected chi connectivity index (χ4v) is 10.5. The van der Waals surface area contributed by atoms with E-state index < -0.39 is 24.3 Å². The standard InChI is InChI=1S/C30H28N2O7S2/c1-13-3-5-14(6-4-13)12-39-18-8-7-15(9-19(18)38-2)21-22-16-10-17(25(22)40-27-26(21)41-30(37)31-27)24-23(16)28(35)32(29(24)36)11-20(33)34/h3-9,16-17,21-25H,10-12H2,1-2H3,(H,31,37)(H,33,34)/t16?,17?,21-,22?,23?,24?,25?/m1/s1. The van der Waals surface area contributed by atoms with Gasteiger partial charge in [-0.3, -0.25) is 24.1 Å². The Hall–Kier alpha value is -3.57. The van der Waals surface area contributed by atoms with E-state index in [1.807, 2.05) is 49.4 Å². The Morgan fingerprint density at radius 3 is 2.49 bits per heavy atom. The lowest BCUT2D eigenvalue weighted by molar-refractivity contribution is -0.149. The number of hydrogen-bond donors (Lipinski definition) is 2. The van der Waals surface area contributed by atoms with Crippen LogP contribution in [-0.4, -0.2) is 51.7 Å². The van der Waals surface area contributed by atoms with Crippen LogP contribution < -0.4 is 14.3 Å². The van der Waals surface area contributed by atoms with Gasteiger partial charge in [-0.25, -0.2) is 0 Å². The van der Waals surface area contributed by atoms with Crippen LogP contribution in [0.15, 0.2) is 52.3 Å². The van der Waals surface area contributed by atoms with Gasteiger partial charge < -0.3 is 19.6 Å². The van der Waals surface area contributed by atoms with Gasteiger partial charge in [-0.1, -0.05) is 47.2 Å². The normalized spacial score (nSPS) is 29.3. The minimum absolute atomic E-state index is 0.00996. The van der Waals surface area contributed by atoms with Crippen molar-refractivity contribution in [3.8, 4) is 11.5 Å². The summed E-state index contributed by atoms with van der Waals surface area (Å²) in [6, 6.07) is 14.0. The number of methoxy groups -OCH3 is 1. The number of H-pyrrole nitrogens is 1. The van der Waals surface area contributed by atoms with E-state index in [4.69, 9.17) is 9.47 Å². The molecule has 212 valence electrons. The number of carboxylic acids is 1. The van der Waals surface area contributed by atoms with Crippen LogP contribution in [0.3, 0.4) is 0 Å². The van der Waals surface area contributed by atoms with Gasteiger partial charge in [-0.15, -0.1) is 11.8 Å². The molecule has 3 heterocycles. The number of carbonyl (C=O) groups excluding carboxylic acids is 2. The Labute approximate surface area is 243 Å². The number of carbonyl (C=O) groups is 3. The summed E-state index contributed by atoms with van der Waals surface area (Å²) in [6.45, 7) is 1.83. The summed E-state index contributed by atoms with van der Waals surface area (Å²) in [7, 11) is 1.60. The number of nitrogens with zero attached hydrogens (tertiary/aromatic N) is 1. The van der Waals surface area contributed by atoms with E-state index in [1.54, 1.807) is 18.9 Å². The molecule has 2 aliphatic heterocycles. The molecule has 2 N–H and O–H groups in total. The number of likely N-dealkylation sites (tertiary alicyclic amines) is 1. The van der Waals surface area contributed by atoms with Gasteiger partial charge in [-0.05, 0) is 54.4 Å². The number of aliphatic carboxylic acids is 1. The fourth-order valence-electron chi connectivity index (χ4n) is 7.59. The monoisotopic (exact) mass is 592 g/mol. The molecule has 9 nitrogen and oxygen atoms in total. The highest BCUT2D eigenvalue weighted by molar-refractivity contribution is 8.00. The van der Waals surface area contributed by atoms with Gasteiger partial charge in [0, 0.05) is 16.0 Å². The van der Waals surface area contributed by atoms with Gasteiger partial charge in [-0.2, -0.15) is 0 Å². The molecule has 1 aromatic heterocycles. The molecule has 2 amide bonds. The van der Waals surface area contributed by atoms with E-state index in [1.165, 1.54) is 16.9 Å². The predicted molar refractivity (Wildman–Crippen MR) is 151 cm³/mol. The van der Waals surface area contributed by atoms with Crippen molar-refractivity contribution in [2.45, 2.75) is 36.1 Å². The van der Waals surface area contributed by atoms with Gasteiger partial charge in [0.05, 0.1) is 24.0 Å². The van der Waals surface area contributed by atoms with Crippen LogP contribution in [0.5, 0.6) is 11.5 Å². The number of benzene rings is 2. The van der Waals surface area contributed by atoms with Gasteiger partial charge in [0.25, 0.3) is 0 Å². The molecule has 3 aromatic rings. The third-order valence-electron chi connectivity index (χ3n) is 9.17. The van der Waals surface area contributed by atoms with Crippen LogP contribution in [0.4, 0.5) is 0 Å². The van der Waals surface area contributed by atoms with Crippen molar-refractivity contribution >= 4 is 40.9 Å². The Morgan fingerprint density at radius 1 is 1.05 bits per heavy atom. The molecular formula is C30H28N2O7S2. The highest BCUT2D eigenvalue weighted by Gasteiger charge is 2.69. The van der Waals surface area contributed by atoms with E-state index in [0.717, 1.165) is 32.4 Å². The number of rotatable bonds is 7. The maximum absolute atomic E-state index is 13.4. The quantitative estimate of drug-likeness (QED) is 0.396. The molecule has 0 radical (unpaired) electrons. The molecule has 1 saturated heterocycles. The number of aromatic nitrogens is 1. The summed E-state index contributed by atoms with van der Waals surface area (Å²) in [5.41, 5.74) is 3.18. The summed E-state index contributed by atoms with van der Waals surface area (Å²) in [5, 5.41) is 10.2. The zero-order valence-corrected chi connectivity index (χ0v) is 24.0. The number of hydrogen-bond acceptors (Lipinski definition) is 8. The number of amides is 2. The van der Waals surface area contributed by atoms with E-state index in [2.05, 4.69) is 4.98 Å². The Balaban J connectivity index is 1.24. The van der Waals surface area contributed by atoms with Crippen molar-refractivity contribution in [3.05, 3.63) is 73.7 Å². The summed E-state index contributed by atoms with van der Waals surface area (Å²) >= 11 is 2.78. The zero-order valence-electron chi connectivity index (χ0n) is 22.4. The molecular weight excluding hydrogens is 564 g/mol. The van der Waals surface area contributed by atoms with Crippen LogP contribution in [0, 0.1) is 36.5 Å². The largest absolute Gasteiger partial charge is 0.493 e. The second kappa shape index (κ2) is 9.77. The number of thiazole rings is 1. The van der Waals surface area contributed by atoms with Crippen molar-refractivity contribution < 1.29 is 29.0 Å². The van der Waals surface area contributed by atoms with Crippen molar-refractivity contribution in [1.82, 2.24) is 9.88 Å². The highest BCUT2D eigenvalue weighted by atomic mass is 32.2. The van der Waals surface area contributed by atoms with Crippen molar-refractivity contribution in [2.75, 3.05) is 13.7 Å². The molecule has 3 fully saturated rings. The second-order valence-corrected chi connectivity index (χ2v) is 13.5. The number of aromatic amines is 1. The SMILES string of the molecule is COc1cc([C@H]2c3sc(=O)[nH]c3SC3C4CC(C5C(=O)N(CC(=O)O)C(=O)C45)C32)ccc1OCc1ccc(C)cc1. The third-order valence-corrected chi connectivity index (χ3v) is 11.8. The first-order valence-electron chi connectivity index (χ1n) is 13.6. The minimum atomic E-state index is -1.19. The van der Waals surface area contributed by atoms with Crippen LogP contribution in [0.2, 0.25) is 0 Å². The molecule has 2 saturated carbocycles. The molecule has 4 aliphatic rings. The number of thioether (sulfide) groups is 1. The lowest BCUT2D eigenvalue weighted by Gasteiger charge is -2.43. The topological polar surface area (TPSA) is 126 Å². The number of fused-ring (bicyclic) bond motifs is 9. The molecule has 6 unspecified atom stereocenters. The number of ether oxygens (including phenoxy) is 2. The average molecular weight is 593 g/mol. The summed E-state index contributed by atoms with van der Waals surface area (Å²) < 4.78 is 11.9. The summed E-state index contributed by atoms with van der Waals surface area (Å²) in [6.07, 6.45) is 0.737. The molecule has 7 atom stereocenters. The molecule has 2 aromatic carbocycles. The summed E-state index contributed by atoms with van der Waals surface area (Å²) in [4.78, 5) is 55.3. The van der Waals surface area contributed by atoms with E-state index in [-0.39, 0.29) is 45.6 Å². The lowest BCUT2D eigenvalue weighted by atomic mass is 9.68. The van der Waals surface area contributed by atoms with E-state index in [0.29, 0.717) is 18.1 Å². The van der Waals surface area contributed by atoms with Crippen molar-refractivity contribution in [1.29, 1.82) is 0 Å². The summed E-state index contributed by atoms with van der Waals surface area (Å²) in [5.74, 6) is -2.08. The molecule has 11 heteroatoms. The van der Waals surface area contributed by atoms with Gasteiger partial charge in [0.1, 0.15) is 13.2 Å². The number of carboxylic acid groups (broad SMARTS) is 1. The second-order valence-electron chi connectivity index (χ2n) is 11.3. The van der Waals surface area contributed by atoms with Gasteiger partial charge >= 0.3 is 10.8 Å². The fraction of sp³-hybridized carbons (Fsp3) is 0.400. The Kier molecular flexibility index (Phi) is 6.27. The predicted octanol–water partition coefficient (Wildman–Crippen LogP) is 3.89. The molecule has 0 spiro atoms. The first-order valence-corrected chi connectivity index (χ1v) is 15.3. The van der Waals surface area contributed by atoms with Crippen LogP contribution in [0.25, 0.3) is 0 Å². The van der Waals surface area contributed by atoms with Gasteiger partial charge in [0.15, 0.2) is 11.5 Å². The first kappa shape index (κ1) is 26.3. The number of imide groups is 1. The Morgan fingerprint density at radius 2 is 1.78 bits per heavy atom. The molecule has 7 rings (SSSR count). The number of nitrogens with one attached hydrogen (secondary N) is 1. The van der Waals surface area contributed by atoms with Crippen LogP contribution >= 0.6 is 23.1 Å². The highest BCUT2D eigenvalue weighted by Crippen LogP contribution is 2.68. The Bertz CT molecular complexity index is 1630.